The number of halogens is 1. The van der Waals surface area contributed by atoms with Gasteiger partial charge >= 0.3 is 0 Å². The zero-order valence-corrected chi connectivity index (χ0v) is 12.9. The minimum absolute atomic E-state index is 0.0360. The molecule has 23 heavy (non-hydrogen) atoms. The Morgan fingerprint density at radius 2 is 1.74 bits per heavy atom. The van der Waals surface area contributed by atoms with Crippen LogP contribution in [0.3, 0.4) is 0 Å². The maximum absolute atomic E-state index is 10.9. The Balaban J connectivity index is 1.97. The molecule has 0 spiro atoms. The van der Waals surface area contributed by atoms with Gasteiger partial charge in [-0.15, -0.1) is 0 Å². The number of hydrogen-bond donors (Lipinski definition) is 0. The van der Waals surface area contributed by atoms with Crippen molar-refractivity contribution in [2.75, 3.05) is 0 Å². The number of rotatable bonds is 4. The third-order valence-electron chi connectivity index (χ3n) is 3.46. The highest BCUT2D eigenvalue weighted by atomic mass is 35.5. The molecule has 0 saturated heterocycles. The number of nitro benzene ring substituents is 1. The molecule has 4 nitrogen and oxygen atoms in total. The number of aromatic nitrogens is 1. The Bertz CT molecular complexity index is 851. The van der Waals surface area contributed by atoms with Gasteiger partial charge in [0.2, 0.25) is 0 Å². The topological polar surface area (TPSA) is 56.0 Å². The van der Waals surface area contributed by atoms with Crippen LogP contribution in [0.15, 0.2) is 66.7 Å². The molecule has 0 atom stereocenters. The lowest BCUT2D eigenvalue weighted by molar-refractivity contribution is -0.384. The summed E-state index contributed by atoms with van der Waals surface area (Å²) in [4.78, 5) is 14.8. The van der Waals surface area contributed by atoms with Crippen LogP contribution in [0.25, 0.3) is 11.3 Å². The maximum Gasteiger partial charge on any atom is 0.270 e. The van der Waals surface area contributed by atoms with Gasteiger partial charge in [0.25, 0.3) is 5.69 Å². The number of pyridine rings is 1. The van der Waals surface area contributed by atoms with E-state index >= 15 is 0 Å². The van der Waals surface area contributed by atoms with E-state index in [2.05, 4.69) is 4.98 Å². The van der Waals surface area contributed by atoms with E-state index in [1.807, 2.05) is 42.5 Å². The van der Waals surface area contributed by atoms with Gasteiger partial charge in [-0.25, -0.2) is 4.98 Å². The number of non-ortho nitro benzene ring substituents is 1. The molecule has 0 saturated carbocycles. The van der Waals surface area contributed by atoms with Crippen LogP contribution < -0.4 is 0 Å². The molecule has 0 aliphatic carbocycles. The summed E-state index contributed by atoms with van der Waals surface area (Å²) >= 11 is 6.12. The van der Waals surface area contributed by atoms with Gasteiger partial charge in [-0.2, -0.15) is 0 Å². The quantitative estimate of drug-likeness (QED) is 0.389. The first-order chi connectivity index (χ1) is 11.1. The Labute approximate surface area is 138 Å². The fourth-order valence-corrected chi connectivity index (χ4v) is 2.64. The van der Waals surface area contributed by atoms with Crippen LogP contribution in [0, 0.1) is 10.1 Å². The molecule has 0 fully saturated rings. The normalized spacial score (nSPS) is 10.5. The largest absolute Gasteiger partial charge is 0.270 e. The summed E-state index contributed by atoms with van der Waals surface area (Å²) in [6.45, 7) is 0. The van der Waals surface area contributed by atoms with E-state index in [4.69, 9.17) is 11.6 Å². The smallest absolute Gasteiger partial charge is 0.258 e. The standard InChI is InChI=1S/C18H13ClN2O2/c19-18-11-14(9-13-5-2-1-3-6-13)10-17(20-18)15-7-4-8-16(12-15)21(22)23/h1-8,10-12H,9H2. The highest BCUT2D eigenvalue weighted by molar-refractivity contribution is 6.29. The first kappa shape index (κ1) is 15.2. The highest BCUT2D eigenvalue weighted by Crippen LogP contribution is 2.25. The van der Waals surface area contributed by atoms with E-state index in [-0.39, 0.29) is 5.69 Å². The molecule has 0 unspecified atom stereocenters. The lowest BCUT2D eigenvalue weighted by atomic mass is 10.0. The second kappa shape index (κ2) is 6.58. The van der Waals surface area contributed by atoms with Crippen molar-refractivity contribution in [3.8, 4) is 11.3 Å². The van der Waals surface area contributed by atoms with Crippen LogP contribution in [0.5, 0.6) is 0 Å². The molecule has 0 aliphatic heterocycles. The highest BCUT2D eigenvalue weighted by Gasteiger charge is 2.10. The Hall–Kier alpha value is -2.72. The van der Waals surface area contributed by atoms with E-state index in [1.54, 1.807) is 12.1 Å². The molecular formula is C18H13ClN2O2. The first-order valence-electron chi connectivity index (χ1n) is 7.07. The third kappa shape index (κ3) is 3.73. The van der Waals surface area contributed by atoms with Crippen LogP contribution in [0.4, 0.5) is 5.69 Å². The van der Waals surface area contributed by atoms with Gasteiger partial charge < -0.3 is 0 Å². The number of benzene rings is 2. The third-order valence-corrected chi connectivity index (χ3v) is 3.65. The van der Waals surface area contributed by atoms with E-state index in [1.165, 1.54) is 17.7 Å². The number of nitrogens with zero attached hydrogens (tertiary/aromatic N) is 2. The van der Waals surface area contributed by atoms with Gasteiger partial charge in [0.1, 0.15) is 5.15 Å². The van der Waals surface area contributed by atoms with Gasteiger partial charge in [0, 0.05) is 17.7 Å². The van der Waals surface area contributed by atoms with Gasteiger partial charge in [-0.05, 0) is 29.7 Å². The minimum Gasteiger partial charge on any atom is -0.258 e. The van der Waals surface area contributed by atoms with Gasteiger partial charge in [-0.3, -0.25) is 10.1 Å². The fraction of sp³-hybridized carbons (Fsp3) is 0.0556. The molecule has 114 valence electrons. The van der Waals surface area contributed by atoms with Crippen molar-refractivity contribution in [3.63, 3.8) is 0 Å². The molecule has 5 heteroatoms. The van der Waals surface area contributed by atoms with E-state index < -0.39 is 4.92 Å². The first-order valence-corrected chi connectivity index (χ1v) is 7.45. The molecular weight excluding hydrogens is 312 g/mol. The molecule has 1 heterocycles. The van der Waals surface area contributed by atoms with E-state index in [9.17, 15) is 10.1 Å². The Morgan fingerprint density at radius 3 is 2.48 bits per heavy atom. The fourth-order valence-electron chi connectivity index (χ4n) is 2.41. The summed E-state index contributed by atoms with van der Waals surface area (Å²) in [7, 11) is 0. The van der Waals surface area contributed by atoms with Gasteiger partial charge in [-0.1, -0.05) is 54.1 Å². The molecule has 0 amide bonds. The number of nitro groups is 1. The van der Waals surface area contributed by atoms with Crippen LogP contribution in [-0.2, 0) is 6.42 Å². The van der Waals surface area contributed by atoms with Crippen molar-refractivity contribution in [2.45, 2.75) is 6.42 Å². The lowest BCUT2D eigenvalue weighted by Crippen LogP contribution is -1.93. The van der Waals surface area contributed by atoms with Crippen molar-refractivity contribution >= 4 is 17.3 Å². The number of hydrogen-bond acceptors (Lipinski definition) is 3. The average Bonchev–Trinajstić information content (AvgIpc) is 2.55. The summed E-state index contributed by atoms with van der Waals surface area (Å²) in [6, 6.07) is 20.2. The predicted molar refractivity (Wildman–Crippen MR) is 90.6 cm³/mol. The van der Waals surface area contributed by atoms with Gasteiger partial charge in [0.15, 0.2) is 0 Å². The van der Waals surface area contributed by atoms with Crippen molar-refractivity contribution in [3.05, 3.63) is 93.1 Å². The van der Waals surface area contributed by atoms with Crippen molar-refractivity contribution in [1.82, 2.24) is 4.98 Å². The van der Waals surface area contributed by atoms with E-state index in [0.717, 1.165) is 12.0 Å². The lowest BCUT2D eigenvalue weighted by Gasteiger charge is -2.07. The molecule has 0 bridgehead atoms. The van der Waals surface area contributed by atoms with Crippen LogP contribution >= 0.6 is 11.6 Å². The molecule has 2 aromatic carbocycles. The van der Waals surface area contributed by atoms with E-state index in [0.29, 0.717) is 16.4 Å². The molecule has 0 aliphatic rings. The molecule has 3 aromatic rings. The van der Waals surface area contributed by atoms with Crippen LogP contribution in [0.1, 0.15) is 11.1 Å². The molecule has 3 rings (SSSR count). The molecule has 1 aromatic heterocycles. The zero-order chi connectivity index (χ0) is 16.2. The maximum atomic E-state index is 10.9. The van der Waals surface area contributed by atoms with Gasteiger partial charge in [0.05, 0.1) is 10.6 Å². The SMILES string of the molecule is O=[N+]([O-])c1cccc(-c2cc(Cc3ccccc3)cc(Cl)n2)c1. The zero-order valence-electron chi connectivity index (χ0n) is 12.1. The summed E-state index contributed by atoms with van der Waals surface area (Å²) in [5.41, 5.74) is 3.52. The summed E-state index contributed by atoms with van der Waals surface area (Å²) < 4.78 is 0. The average molecular weight is 325 g/mol. The monoisotopic (exact) mass is 324 g/mol. The Kier molecular flexibility index (Phi) is 4.35. The van der Waals surface area contributed by atoms with Crippen LogP contribution in [-0.4, -0.2) is 9.91 Å². The van der Waals surface area contributed by atoms with Crippen molar-refractivity contribution in [1.29, 1.82) is 0 Å². The second-order valence-electron chi connectivity index (χ2n) is 5.15. The van der Waals surface area contributed by atoms with Crippen molar-refractivity contribution in [2.24, 2.45) is 0 Å². The summed E-state index contributed by atoms with van der Waals surface area (Å²) in [6.07, 6.45) is 0.727. The minimum atomic E-state index is -0.418. The predicted octanol–water partition coefficient (Wildman–Crippen LogP) is 4.90. The summed E-state index contributed by atoms with van der Waals surface area (Å²) in [5, 5.41) is 11.3. The second-order valence-corrected chi connectivity index (χ2v) is 5.54. The van der Waals surface area contributed by atoms with Crippen LogP contribution in [0.2, 0.25) is 5.15 Å². The summed E-state index contributed by atoms with van der Waals surface area (Å²) in [5.74, 6) is 0. The Morgan fingerprint density at radius 1 is 0.957 bits per heavy atom. The van der Waals surface area contributed by atoms with Crippen molar-refractivity contribution < 1.29 is 4.92 Å². The molecule has 0 N–H and O–H groups in total. The molecule has 0 radical (unpaired) electrons.